The second-order valence-electron chi connectivity index (χ2n) is 4.70. The van der Waals surface area contributed by atoms with Crippen molar-refractivity contribution < 1.29 is 9.53 Å². The second-order valence-corrected chi connectivity index (χ2v) is 5.61. The number of carbonyl (C=O) groups excluding carboxylic acids is 1. The number of fused-ring (bicyclic) bond motifs is 1. The normalized spacial score (nSPS) is 10.5. The lowest BCUT2D eigenvalue weighted by Crippen LogP contribution is -2.11. The summed E-state index contributed by atoms with van der Waals surface area (Å²) in [6.07, 6.45) is 0. The molecule has 3 rings (SSSR count). The average molecular weight is 341 g/mol. The quantitative estimate of drug-likeness (QED) is 0.633. The zero-order chi connectivity index (χ0) is 14.7. The Bertz CT molecular complexity index is 773. The van der Waals surface area contributed by atoms with Gasteiger partial charge in [-0.3, -0.25) is 4.79 Å². The third-order valence-corrected chi connectivity index (χ3v) is 3.80. The van der Waals surface area contributed by atoms with Crippen LogP contribution in [0.3, 0.4) is 0 Å². The molecule has 0 spiro atoms. The molecule has 0 atom stereocenters. The van der Waals surface area contributed by atoms with Crippen molar-refractivity contribution in [2.45, 2.75) is 0 Å². The van der Waals surface area contributed by atoms with Gasteiger partial charge >= 0.3 is 0 Å². The van der Waals surface area contributed by atoms with Gasteiger partial charge in [-0.25, -0.2) is 0 Å². The summed E-state index contributed by atoms with van der Waals surface area (Å²) in [7, 11) is 0. The Hall–Kier alpha value is -2.13. The van der Waals surface area contributed by atoms with Crippen LogP contribution in [0.1, 0.15) is 10.4 Å². The van der Waals surface area contributed by atoms with E-state index in [0.29, 0.717) is 5.56 Å². The molecule has 3 heteroatoms. The molecule has 0 radical (unpaired) electrons. The summed E-state index contributed by atoms with van der Waals surface area (Å²) in [5, 5.41) is 2.12. The van der Waals surface area contributed by atoms with Crippen LogP contribution in [0.5, 0.6) is 5.75 Å². The fraction of sp³-hybridized carbons (Fsp3) is 0.0556. The molecule has 0 amide bonds. The van der Waals surface area contributed by atoms with Crippen LogP contribution < -0.4 is 4.74 Å². The van der Waals surface area contributed by atoms with Gasteiger partial charge in [0, 0.05) is 15.4 Å². The maximum atomic E-state index is 12.1. The number of hydrogen-bond acceptors (Lipinski definition) is 2. The Kier molecular flexibility index (Phi) is 4.02. The Morgan fingerprint density at radius 3 is 2.43 bits per heavy atom. The molecule has 0 aromatic heterocycles. The van der Waals surface area contributed by atoms with E-state index in [9.17, 15) is 4.79 Å². The topological polar surface area (TPSA) is 26.3 Å². The van der Waals surface area contributed by atoms with E-state index in [1.807, 2.05) is 54.6 Å². The number of hydrogen-bond donors (Lipinski definition) is 0. The minimum atomic E-state index is -0.0320. The molecule has 0 saturated carbocycles. The maximum Gasteiger partial charge on any atom is 0.200 e. The van der Waals surface area contributed by atoms with E-state index in [2.05, 4.69) is 15.9 Å². The van der Waals surface area contributed by atoms with Gasteiger partial charge in [-0.15, -0.1) is 0 Å². The van der Waals surface area contributed by atoms with Crippen molar-refractivity contribution in [2.75, 3.05) is 6.61 Å². The first-order valence-corrected chi connectivity index (χ1v) is 7.43. The summed E-state index contributed by atoms with van der Waals surface area (Å²) in [6.45, 7) is 0.0373. The average Bonchev–Trinajstić information content (AvgIpc) is 2.53. The van der Waals surface area contributed by atoms with Crippen molar-refractivity contribution in [2.24, 2.45) is 0 Å². The fourth-order valence-corrected chi connectivity index (χ4v) is 2.45. The van der Waals surface area contributed by atoms with E-state index in [4.69, 9.17) is 4.74 Å². The van der Waals surface area contributed by atoms with Crippen LogP contribution in [0.4, 0.5) is 0 Å². The summed E-state index contributed by atoms with van der Waals surface area (Å²) in [4.78, 5) is 12.1. The molecule has 2 nitrogen and oxygen atoms in total. The number of halogens is 1. The molecule has 0 heterocycles. The molecule has 0 aliphatic rings. The lowest BCUT2D eigenvalue weighted by Gasteiger charge is -2.08. The molecule has 0 unspecified atom stereocenters. The molecule has 3 aromatic carbocycles. The van der Waals surface area contributed by atoms with Crippen LogP contribution in [0.25, 0.3) is 10.8 Å². The van der Waals surface area contributed by atoms with E-state index in [-0.39, 0.29) is 12.4 Å². The van der Waals surface area contributed by atoms with Crippen LogP contribution in [0.2, 0.25) is 0 Å². The predicted molar refractivity (Wildman–Crippen MR) is 87.9 cm³/mol. The van der Waals surface area contributed by atoms with Crippen LogP contribution >= 0.6 is 15.9 Å². The second kappa shape index (κ2) is 6.10. The SMILES string of the molecule is O=C(COc1cccc2ccccc12)c1ccc(Br)cc1. The van der Waals surface area contributed by atoms with Gasteiger partial charge in [-0.05, 0) is 23.6 Å². The first-order valence-electron chi connectivity index (χ1n) is 6.63. The fourth-order valence-electron chi connectivity index (χ4n) is 2.18. The van der Waals surface area contributed by atoms with Crippen LogP contribution in [-0.2, 0) is 0 Å². The number of carbonyl (C=O) groups is 1. The van der Waals surface area contributed by atoms with Gasteiger partial charge in [0.05, 0.1) is 0 Å². The van der Waals surface area contributed by atoms with Gasteiger partial charge in [-0.1, -0.05) is 64.5 Å². The molecule has 0 fully saturated rings. The number of ether oxygens (including phenoxy) is 1. The Balaban J connectivity index is 1.77. The van der Waals surface area contributed by atoms with Gasteiger partial charge in [-0.2, -0.15) is 0 Å². The monoisotopic (exact) mass is 340 g/mol. The zero-order valence-corrected chi connectivity index (χ0v) is 12.8. The Labute approximate surface area is 131 Å². The van der Waals surface area contributed by atoms with Crippen LogP contribution in [0, 0.1) is 0 Å². The predicted octanol–water partition coefficient (Wildman–Crippen LogP) is 4.86. The van der Waals surface area contributed by atoms with E-state index in [0.717, 1.165) is 21.0 Å². The highest BCUT2D eigenvalue weighted by atomic mass is 79.9. The molecule has 3 aromatic rings. The van der Waals surface area contributed by atoms with Crippen LogP contribution in [-0.4, -0.2) is 12.4 Å². The summed E-state index contributed by atoms with van der Waals surface area (Å²) >= 11 is 3.35. The lowest BCUT2D eigenvalue weighted by atomic mass is 10.1. The van der Waals surface area contributed by atoms with Gasteiger partial charge in [0.2, 0.25) is 0 Å². The first kappa shape index (κ1) is 13.8. The summed E-state index contributed by atoms with van der Waals surface area (Å²) in [5.41, 5.74) is 0.651. The zero-order valence-electron chi connectivity index (χ0n) is 11.3. The van der Waals surface area contributed by atoms with Gasteiger partial charge < -0.3 is 4.74 Å². The largest absolute Gasteiger partial charge is 0.485 e. The van der Waals surface area contributed by atoms with E-state index in [1.54, 1.807) is 12.1 Å². The Morgan fingerprint density at radius 2 is 1.62 bits per heavy atom. The van der Waals surface area contributed by atoms with Crippen molar-refractivity contribution in [1.82, 2.24) is 0 Å². The van der Waals surface area contributed by atoms with Crippen molar-refractivity contribution in [3.8, 4) is 5.75 Å². The van der Waals surface area contributed by atoms with Crippen molar-refractivity contribution >= 4 is 32.5 Å². The third-order valence-electron chi connectivity index (χ3n) is 3.27. The standard InChI is InChI=1S/C18H13BrO2/c19-15-10-8-14(9-11-15)17(20)12-21-18-7-3-5-13-4-1-2-6-16(13)18/h1-11H,12H2. The minimum Gasteiger partial charge on any atom is -0.485 e. The molecule has 104 valence electrons. The molecule has 0 aliphatic heterocycles. The third kappa shape index (κ3) is 3.14. The number of rotatable bonds is 4. The van der Waals surface area contributed by atoms with E-state index < -0.39 is 0 Å². The highest BCUT2D eigenvalue weighted by Crippen LogP contribution is 2.25. The van der Waals surface area contributed by atoms with Gasteiger partial charge in [0.1, 0.15) is 5.75 Å². The molecular formula is C18H13BrO2. The summed E-state index contributed by atoms with van der Waals surface area (Å²) in [5.74, 6) is 0.703. The lowest BCUT2D eigenvalue weighted by molar-refractivity contribution is 0.0922. The van der Waals surface area contributed by atoms with Crippen LogP contribution in [0.15, 0.2) is 71.2 Å². The highest BCUT2D eigenvalue weighted by Gasteiger charge is 2.08. The molecular weight excluding hydrogens is 328 g/mol. The van der Waals surface area contributed by atoms with E-state index in [1.165, 1.54) is 0 Å². The van der Waals surface area contributed by atoms with Crippen molar-refractivity contribution in [3.63, 3.8) is 0 Å². The summed E-state index contributed by atoms with van der Waals surface area (Å²) in [6, 6.07) is 21.1. The minimum absolute atomic E-state index is 0.0320. The molecule has 21 heavy (non-hydrogen) atoms. The van der Waals surface area contributed by atoms with Gasteiger partial charge in [0.25, 0.3) is 0 Å². The molecule has 0 N–H and O–H groups in total. The maximum absolute atomic E-state index is 12.1. The van der Waals surface area contributed by atoms with Gasteiger partial charge in [0.15, 0.2) is 12.4 Å². The molecule has 0 bridgehead atoms. The molecule has 0 aliphatic carbocycles. The summed E-state index contributed by atoms with van der Waals surface area (Å²) < 4.78 is 6.66. The number of ketones is 1. The number of Topliss-reactive ketones (excluding diaryl/α,β-unsaturated/α-hetero) is 1. The highest BCUT2D eigenvalue weighted by molar-refractivity contribution is 9.10. The van der Waals surface area contributed by atoms with E-state index >= 15 is 0 Å². The smallest absolute Gasteiger partial charge is 0.200 e. The molecule has 0 saturated heterocycles. The van der Waals surface area contributed by atoms with Crippen molar-refractivity contribution in [3.05, 3.63) is 76.8 Å². The Morgan fingerprint density at radius 1 is 0.905 bits per heavy atom. The first-order chi connectivity index (χ1) is 10.2. The van der Waals surface area contributed by atoms with Crippen molar-refractivity contribution in [1.29, 1.82) is 0 Å². The number of benzene rings is 3.